The van der Waals surface area contributed by atoms with Crippen LogP contribution < -0.4 is 10.6 Å². The Bertz CT molecular complexity index is 726. The number of amides is 2. The van der Waals surface area contributed by atoms with Crippen LogP contribution in [0.2, 0.25) is 0 Å². The topological polar surface area (TPSA) is 105 Å². The van der Waals surface area contributed by atoms with E-state index in [9.17, 15) is 9.59 Å². The first-order valence-corrected chi connectivity index (χ1v) is 9.37. The monoisotopic (exact) mass is 379 g/mol. The van der Waals surface area contributed by atoms with Crippen molar-refractivity contribution in [2.45, 2.75) is 39.2 Å². The summed E-state index contributed by atoms with van der Waals surface area (Å²) < 4.78 is 1.77. The van der Waals surface area contributed by atoms with Crippen molar-refractivity contribution in [1.82, 2.24) is 24.9 Å². The van der Waals surface area contributed by atoms with Gasteiger partial charge in [0.2, 0.25) is 16.9 Å². The second kappa shape index (κ2) is 9.97. The second-order valence-electron chi connectivity index (χ2n) is 6.14. The van der Waals surface area contributed by atoms with E-state index in [0.29, 0.717) is 10.8 Å². The minimum atomic E-state index is -0.249. The number of aromatic nitrogens is 4. The lowest BCUT2D eigenvalue weighted by Crippen LogP contribution is -2.18. The van der Waals surface area contributed by atoms with E-state index in [2.05, 4.69) is 37.8 Å². The average molecular weight is 379 g/mol. The van der Waals surface area contributed by atoms with Crippen molar-refractivity contribution >= 4 is 34.0 Å². The number of likely N-dealkylation sites (N-methyl/N-ethyl adjacent to an activating group) is 1. The number of hydrogen-bond donors (Lipinski definition) is 2. The summed E-state index contributed by atoms with van der Waals surface area (Å²) in [4.78, 5) is 25.9. The highest BCUT2D eigenvalue weighted by Crippen LogP contribution is 2.16. The van der Waals surface area contributed by atoms with Crippen molar-refractivity contribution in [1.29, 1.82) is 0 Å². The zero-order valence-corrected chi connectivity index (χ0v) is 16.2. The molecule has 2 N–H and O–H groups in total. The summed E-state index contributed by atoms with van der Waals surface area (Å²) in [5.41, 5.74) is 0.627. The van der Waals surface area contributed by atoms with E-state index in [0.717, 1.165) is 30.9 Å². The number of rotatable bonds is 10. The van der Waals surface area contributed by atoms with Gasteiger partial charge in [-0.05, 0) is 20.5 Å². The van der Waals surface area contributed by atoms with Gasteiger partial charge in [0.1, 0.15) is 5.01 Å². The molecule has 0 saturated carbocycles. The maximum atomic E-state index is 12.0. The molecule has 2 aromatic heterocycles. The van der Waals surface area contributed by atoms with Gasteiger partial charge in [-0.1, -0.05) is 18.3 Å². The molecule has 9 nitrogen and oxygen atoms in total. The lowest BCUT2D eigenvalue weighted by Gasteiger charge is -2.08. The summed E-state index contributed by atoms with van der Waals surface area (Å²) in [6, 6.07) is 0. The number of carbonyl (C=O) groups is 2. The lowest BCUT2D eigenvalue weighted by atomic mass is 10.3. The van der Waals surface area contributed by atoms with Gasteiger partial charge in [-0.15, -0.1) is 10.2 Å². The molecule has 2 rings (SSSR count). The van der Waals surface area contributed by atoms with Gasteiger partial charge in [0.05, 0.1) is 18.4 Å². The van der Waals surface area contributed by atoms with Crippen molar-refractivity contribution < 1.29 is 9.59 Å². The Morgan fingerprint density at radius 2 is 1.92 bits per heavy atom. The summed E-state index contributed by atoms with van der Waals surface area (Å²) in [6.07, 6.45) is 5.38. The Morgan fingerprint density at radius 3 is 2.62 bits per heavy atom. The van der Waals surface area contributed by atoms with Crippen molar-refractivity contribution in [2.24, 2.45) is 0 Å². The van der Waals surface area contributed by atoms with Crippen molar-refractivity contribution in [3.05, 3.63) is 17.4 Å². The van der Waals surface area contributed by atoms with Crippen LogP contribution in [0.25, 0.3) is 0 Å². The summed E-state index contributed by atoms with van der Waals surface area (Å²) in [6.45, 7) is 3.66. The van der Waals surface area contributed by atoms with E-state index >= 15 is 0 Å². The lowest BCUT2D eigenvalue weighted by molar-refractivity contribution is -0.121. The van der Waals surface area contributed by atoms with E-state index in [1.54, 1.807) is 17.1 Å². The first-order valence-electron chi connectivity index (χ1n) is 8.55. The molecule has 0 bridgehead atoms. The fourth-order valence-corrected chi connectivity index (χ4v) is 2.96. The number of aryl methyl sites for hydroxylation is 1. The minimum absolute atomic E-state index is 0.0866. The standard InChI is InChI=1S/C16H25N7O2S/c1-4-5-15-20-21-16(26-15)19-14(25)7-6-13(24)18-12-10-17-23(11-12)9-8-22(2)3/h10-11H,4-9H2,1-3H3,(H,18,24)(H,19,21,25). The largest absolute Gasteiger partial charge is 0.323 e. The molecule has 0 aliphatic carbocycles. The van der Waals surface area contributed by atoms with Gasteiger partial charge in [-0.3, -0.25) is 14.3 Å². The third kappa shape index (κ3) is 6.89. The minimum Gasteiger partial charge on any atom is -0.323 e. The molecule has 0 saturated heterocycles. The molecule has 10 heteroatoms. The molecule has 0 fully saturated rings. The molecule has 0 aromatic carbocycles. The van der Waals surface area contributed by atoms with Crippen LogP contribution >= 0.6 is 11.3 Å². The molecular weight excluding hydrogens is 354 g/mol. The number of nitrogens with zero attached hydrogens (tertiary/aromatic N) is 5. The molecule has 26 heavy (non-hydrogen) atoms. The highest BCUT2D eigenvalue weighted by Gasteiger charge is 2.11. The first-order chi connectivity index (χ1) is 12.5. The van der Waals surface area contributed by atoms with Gasteiger partial charge in [0.25, 0.3) is 0 Å². The normalized spacial score (nSPS) is 10.9. The summed E-state index contributed by atoms with van der Waals surface area (Å²) >= 11 is 1.36. The molecule has 0 aliphatic rings. The summed E-state index contributed by atoms with van der Waals surface area (Å²) in [7, 11) is 3.98. The van der Waals surface area contributed by atoms with Crippen LogP contribution in [0.1, 0.15) is 31.2 Å². The van der Waals surface area contributed by atoms with Crippen molar-refractivity contribution in [3.63, 3.8) is 0 Å². The van der Waals surface area contributed by atoms with Crippen molar-refractivity contribution in [2.75, 3.05) is 31.3 Å². The Balaban J connectivity index is 1.71. The molecule has 0 atom stereocenters. The van der Waals surface area contributed by atoms with Crippen LogP contribution in [0.15, 0.2) is 12.4 Å². The highest BCUT2D eigenvalue weighted by molar-refractivity contribution is 7.15. The molecule has 2 amide bonds. The van der Waals surface area contributed by atoms with Gasteiger partial charge >= 0.3 is 0 Å². The van der Waals surface area contributed by atoms with E-state index in [-0.39, 0.29) is 24.7 Å². The SMILES string of the molecule is CCCc1nnc(NC(=O)CCC(=O)Nc2cnn(CCN(C)C)c2)s1. The smallest absolute Gasteiger partial charge is 0.226 e. The van der Waals surface area contributed by atoms with Gasteiger partial charge in [-0.25, -0.2) is 0 Å². The molecule has 2 heterocycles. The van der Waals surface area contributed by atoms with Crippen LogP contribution in [0.5, 0.6) is 0 Å². The maximum Gasteiger partial charge on any atom is 0.226 e. The van der Waals surface area contributed by atoms with Crippen molar-refractivity contribution in [3.8, 4) is 0 Å². The first kappa shape index (κ1) is 20.0. The molecule has 0 aliphatic heterocycles. The molecular formula is C16H25N7O2S. The third-order valence-electron chi connectivity index (χ3n) is 3.45. The van der Waals surface area contributed by atoms with Gasteiger partial charge in [0, 0.05) is 32.0 Å². The van der Waals surface area contributed by atoms with Crippen LogP contribution in [-0.2, 0) is 22.6 Å². The van der Waals surface area contributed by atoms with E-state index in [1.165, 1.54) is 11.3 Å². The van der Waals surface area contributed by atoms with E-state index in [4.69, 9.17) is 0 Å². The van der Waals surface area contributed by atoms with E-state index < -0.39 is 0 Å². The molecule has 0 unspecified atom stereocenters. The third-order valence-corrected chi connectivity index (χ3v) is 4.35. The fourth-order valence-electron chi connectivity index (χ4n) is 2.10. The van der Waals surface area contributed by atoms with Gasteiger partial charge in [0.15, 0.2) is 0 Å². The molecule has 0 spiro atoms. The average Bonchev–Trinajstić information content (AvgIpc) is 3.21. The zero-order chi connectivity index (χ0) is 18.9. The predicted octanol–water partition coefficient (Wildman–Crippen LogP) is 1.61. The maximum absolute atomic E-state index is 12.0. The summed E-state index contributed by atoms with van der Waals surface area (Å²) in [5, 5.41) is 18.9. The number of nitrogens with one attached hydrogen (secondary N) is 2. The van der Waals surface area contributed by atoms with Crippen LogP contribution in [0, 0.1) is 0 Å². The molecule has 142 valence electrons. The second-order valence-corrected chi connectivity index (χ2v) is 7.20. The Hall–Kier alpha value is -2.33. The van der Waals surface area contributed by atoms with Crippen LogP contribution in [0.4, 0.5) is 10.8 Å². The molecule has 2 aromatic rings. The summed E-state index contributed by atoms with van der Waals surface area (Å²) in [5.74, 6) is -0.475. The number of carbonyl (C=O) groups excluding carboxylic acids is 2. The molecule has 0 radical (unpaired) electrons. The van der Waals surface area contributed by atoms with E-state index in [1.807, 2.05) is 14.1 Å². The fraction of sp³-hybridized carbons (Fsp3) is 0.562. The number of hydrogen-bond acceptors (Lipinski definition) is 7. The van der Waals surface area contributed by atoms with Gasteiger partial charge in [-0.2, -0.15) is 5.10 Å². The Labute approximate surface area is 156 Å². The zero-order valence-electron chi connectivity index (χ0n) is 15.4. The quantitative estimate of drug-likeness (QED) is 0.650. The number of anilines is 2. The van der Waals surface area contributed by atoms with Crippen LogP contribution in [-0.4, -0.2) is 57.3 Å². The van der Waals surface area contributed by atoms with Gasteiger partial charge < -0.3 is 15.5 Å². The Morgan fingerprint density at radius 1 is 1.19 bits per heavy atom. The Kier molecular flexibility index (Phi) is 7.67. The highest BCUT2D eigenvalue weighted by atomic mass is 32.1. The predicted molar refractivity (Wildman–Crippen MR) is 101 cm³/mol. The van der Waals surface area contributed by atoms with Crippen LogP contribution in [0.3, 0.4) is 0 Å².